The summed E-state index contributed by atoms with van der Waals surface area (Å²) < 4.78 is 21.3. The number of nitrogens with zero attached hydrogens (tertiary/aromatic N) is 1. The Morgan fingerprint density at radius 3 is 2.26 bits per heavy atom. The number of benzene rings is 3. The number of hydrogen-bond acceptors (Lipinski definition) is 3. The maximum Gasteiger partial charge on any atom is 0.261 e. The number of rotatable bonds is 9. The van der Waals surface area contributed by atoms with Crippen molar-refractivity contribution in [3.05, 3.63) is 99.3 Å². The first-order chi connectivity index (χ1) is 16.3. The zero-order valence-electron chi connectivity index (χ0n) is 19.5. The lowest BCUT2D eigenvalue weighted by molar-refractivity contribution is -0.142. The number of carbonyl (C=O) groups excluding carboxylic acids is 2. The van der Waals surface area contributed by atoms with Gasteiger partial charge in [-0.15, -0.1) is 0 Å². The third-order valence-corrected chi connectivity index (χ3v) is 6.84. The molecule has 0 aliphatic rings. The van der Waals surface area contributed by atoms with Crippen LogP contribution in [0.1, 0.15) is 22.3 Å². The van der Waals surface area contributed by atoms with E-state index in [2.05, 4.69) is 21.2 Å². The number of halogens is 2. The van der Waals surface area contributed by atoms with Crippen LogP contribution in [0.25, 0.3) is 0 Å². The Kier molecular flexibility index (Phi) is 8.82. The van der Waals surface area contributed by atoms with Gasteiger partial charge in [0.2, 0.25) is 5.91 Å². The Morgan fingerprint density at radius 1 is 1.03 bits per heavy atom. The van der Waals surface area contributed by atoms with Crippen LogP contribution in [-0.2, 0) is 22.6 Å². The van der Waals surface area contributed by atoms with E-state index in [9.17, 15) is 14.0 Å². The van der Waals surface area contributed by atoms with E-state index in [1.165, 1.54) is 18.0 Å². The largest absolute Gasteiger partial charge is 0.484 e. The number of amides is 2. The average molecular weight is 527 g/mol. The fraction of sp³-hybridized carbons (Fsp3) is 0.259. The first-order valence-corrected chi connectivity index (χ1v) is 11.8. The van der Waals surface area contributed by atoms with Crippen LogP contribution in [-0.4, -0.2) is 36.4 Å². The summed E-state index contributed by atoms with van der Waals surface area (Å²) in [5, 5.41) is 2.64. The summed E-state index contributed by atoms with van der Waals surface area (Å²) in [6.45, 7) is 3.55. The van der Waals surface area contributed by atoms with E-state index >= 15 is 0 Å². The van der Waals surface area contributed by atoms with E-state index in [0.717, 1.165) is 21.2 Å². The van der Waals surface area contributed by atoms with Crippen molar-refractivity contribution >= 4 is 27.7 Å². The molecule has 5 nitrogen and oxygen atoms in total. The zero-order valence-corrected chi connectivity index (χ0v) is 21.1. The Labute approximate surface area is 208 Å². The summed E-state index contributed by atoms with van der Waals surface area (Å²) in [4.78, 5) is 27.7. The van der Waals surface area contributed by atoms with E-state index < -0.39 is 17.8 Å². The number of likely N-dealkylation sites (N-methyl/N-ethyl adjacent to an activating group) is 1. The third kappa shape index (κ3) is 6.44. The first-order valence-electron chi connectivity index (χ1n) is 11.0. The third-order valence-electron chi connectivity index (χ3n) is 5.59. The van der Waals surface area contributed by atoms with Crippen LogP contribution >= 0.6 is 15.9 Å². The van der Waals surface area contributed by atoms with E-state index in [4.69, 9.17) is 4.74 Å². The second kappa shape index (κ2) is 11.8. The second-order valence-electron chi connectivity index (χ2n) is 8.09. The van der Waals surface area contributed by atoms with Gasteiger partial charge in [-0.3, -0.25) is 9.59 Å². The van der Waals surface area contributed by atoms with Crippen molar-refractivity contribution in [2.24, 2.45) is 0 Å². The van der Waals surface area contributed by atoms with Crippen molar-refractivity contribution in [2.45, 2.75) is 32.9 Å². The van der Waals surface area contributed by atoms with E-state index in [1.807, 2.05) is 56.3 Å². The van der Waals surface area contributed by atoms with Gasteiger partial charge in [0.05, 0.1) is 0 Å². The summed E-state index contributed by atoms with van der Waals surface area (Å²) in [6, 6.07) is 18.5. The predicted molar refractivity (Wildman–Crippen MR) is 134 cm³/mol. The van der Waals surface area contributed by atoms with Crippen LogP contribution < -0.4 is 10.1 Å². The van der Waals surface area contributed by atoms with Crippen LogP contribution in [0, 0.1) is 19.7 Å². The molecule has 0 radical (unpaired) electrons. The van der Waals surface area contributed by atoms with Crippen molar-refractivity contribution in [1.82, 2.24) is 10.2 Å². The minimum absolute atomic E-state index is 0.0574. The molecule has 3 rings (SSSR count). The summed E-state index contributed by atoms with van der Waals surface area (Å²) in [5.74, 6) is -0.623. The fourth-order valence-corrected chi connectivity index (χ4v) is 3.98. The van der Waals surface area contributed by atoms with E-state index in [0.29, 0.717) is 11.3 Å². The monoisotopic (exact) mass is 526 g/mol. The molecule has 0 saturated heterocycles. The number of nitrogens with one attached hydrogen (secondary N) is 1. The van der Waals surface area contributed by atoms with Gasteiger partial charge in [-0.2, -0.15) is 0 Å². The Morgan fingerprint density at radius 2 is 1.65 bits per heavy atom. The van der Waals surface area contributed by atoms with Crippen LogP contribution in [0.3, 0.4) is 0 Å². The van der Waals surface area contributed by atoms with Crippen molar-refractivity contribution in [3.63, 3.8) is 0 Å². The topological polar surface area (TPSA) is 58.6 Å². The van der Waals surface area contributed by atoms with E-state index in [-0.39, 0.29) is 25.5 Å². The molecule has 1 N–H and O–H groups in total. The zero-order chi connectivity index (χ0) is 24.7. The van der Waals surface area contributed by atoms with Crippen LogP contribution in [0.5, 0.6) is 5.75 Å². The summed E-state index contributed by atoms with van der Waals surface area (Å²) >= 11 is 3.52. The summed E-state index contributed by atoms with van der Waals surface area (Å²) in [5.41, 5.74) is 3.19. The van der Waals surface area contributed by atoms with Gasteiger partial charge in [0.1, 0.15) is 17.6 Å². The minimum atomic E-state index is -0.837. The molecule has 0 fully saturated rings. The number of ether oxygens (including phenoxy) is 1. The molecule has 0 aromatic heterocycles. The fourth-order valence-electron chi connectivity index (χ4n) is 3.75. The number of hydrogen-bond donors (Lipinski definition) is 1. The summed E-state index contributed by atoms with van der Waals surface area (Å²) in [6.07, 6.45) is 0.289. The van der Waals surface area contributed by atoms with Gasteiger partial charge in [-0.05, 0) is 48.7 Å². The molecular weight excluding hydrogens is 499 g/mol. The highest BCUT2D eigenvalue weighted by Gasteiger charge is 2.30. The van der Waals surface area contributed by atoms with Gasteiger partial charge in [-0.25, -0.2) is 4.39 Å². The van der Waals surface area contributed by atoms with Crippen LogP contribution in [0.15, 0.2) is 71.2 Å². The maximum atomic E-state index is 14.5. The Bertz CT molecular complexity index is 1130. The molecule has 3 aromatic rings. The molecule has 0 spiro atoms. The molecule has 0 heterocycles. The highest BCUT2D eigenvalue weighted by Crippen LogP contribution is 2.26. The number of aryl methyl sites for hydroxylation is 2. The molecule has 0 unspecified atom stereocenters. The quantitative estimate of drug-likeness (QED) is 0.428. The SMILES string of the molecule is CNC(=O)[C@H](Cc1ccccc1)N(Cc1ccccc1F)C(=O)COc1cc(C)c(Br)c(C)c1. The van der Waals surface area contributed by atoms with Crippen LogP contribution in [0.2, 0.25) is 0 Å². The smallest absolute Gasteiger partial charge is 0.261 e. The molecule has 0 bridgehead atoms. The van der Waals surface area contributed by atoms with E-state index in [1.54, 1.807) is 18.2 Å². The van der Waals surface area contributed by atoms with Crippen molar-refractivity contribution in [3.8, 4) is 5.75 Å². The lowest BCUT2D eigenvalue weighted by Gasteiger charge is -2.31. The van der Waals surface area contributed by atoms with Gasteiger partial charge >= 0.3 is 0 Å². The molecule has 2 amide bonds. The Hall–Kier alpha value is -3.19. The van der Waals surface area contributed by atoms with Gasteiger partial charge < -0.3 is 15.0 Å². The van der Waals surface area contributed by atoms with Gasteiger partial charge in [0.15, 0.2) is 6.61 Å². The number of carbonyl (C=O) groups is 2. The minimum Gasteiger partial charge on any atom is -0.484 e. The van der Waals surface area contributed by atoms with Crippen molar-refractivity contribution < 1.29 is 18.7 Å². The molecule has 34 heavy (non-hydrogen) atoms. The standard InChI is InChI=1S/C27H28BrFN2O3/c1-18-13-22(14-19(2)26(18)28)34-17-25(32)31(16-21-11-7-8-12-23(21)29)24(27(33)30-3)15-20-9-5-4-6-10-20/h4-14,24H,15-17H2,1-3H3,(H,30,33)/t24-/m0/s1. The molecule has 3 aromatic carbocycles. The molecule has 0 aliphatic carbocycles. The molecular formula is C27H28BrFN2O3. The maximum absolute atomic E-state index is 14.5. The lowest BCUT2D eigenvalue weighted by atomic mass is 10.0. The summed E-state index contributed by atoms with van der Waals surface area (Å²) in [7, 11) is 1.52. The Balaban J connectivity index is 1.90. The molecule has 1 atom stereocenters. The van der Waals surface area contributed by atoms with Crippen LogP contribution in [0.4, 0.5) is 4.39 Å². The lowest BCUT2D eigenvalue weighted by Crippen LogP contribution is -2.51. The van der Waals surface area contributed by atoms with Gasteiger partial charge in [0.25, 0.3) is 5.91 Å². The van der Waals surface area contributed by atoms with Gasteiger partial charge in [0, 0.05) is 30.0 Å². The molecule has 178 valence electrons. The highest BCUT2D eigenvalue weighted by molar-refractivity contribution is 9.10. The normalized spacial score (nSPS) is 11.6. The first kappa shape index (κ1) is 25.4. The molecule has 7 heteroatoms. The highest BCUT2D eigenvalue weighted by atomic mass is 79.9. The second-order valence-corrected chi connectivity index (χ2v) is 8.89. The average Bonchev–Trinajstić information content (AvgIpc) is 2.84. The molecule has 0 saturated carbocycles. The van der Waals surface area contributed by atoms with Crippen molar-refractivity contribution in [1.29, 1.82) is 0 Å². The van der Waals surface area contributed by atoms with Gasteiger partial charge in [-0.1, -0.05) is 64.5 Å². The molecule has 0 aliphatic heterocycles. The predicted octanol–water partition coefficient (Wildman–Crippen LogP) is 4.97. The van der Waals surface area contributed by atoms with Crippen molar-refractivity contribution in [2.75, 3.05) is 13.7 Å².